The van der Waals surface area contributed by atoms with Gasteiger partial charge in [0.25, 0.3) is 22.6 Å². The van der Waals surface area contributed by atoms with Gasteiger partial charge < -0.3 is 13.3 Å². The first-order valence-corrected chi connectivity index (χ1v) is 20.2. The van der Waals surface area contributed by atoms with Crippen molar-refractivity contribution in [2.75, 3.05) is 0 Å². The first-order chi connectivity index (χ1) is 13.3. The molecule has 0 aromatic rings. The molecule has 1 atom stereocenters. The van der Waals surface area contributed by atoms with Crippen LogP contribution in [0.1, 0.15) is 75.2 Å². The Morgan fingerprint density at radius 2 is 1.00 bits per heavy atom. The molecule has 1 unspecified atom stereocenters. The zero-order valence-electron chi connectivity index (χ0n) is 23.0. The number of hydrogen-bond acceptors (Lipinski definition) is 5. The molecule has 0 fully saturated rings. The third-order valence-corrected chi connectivity index (χ3v) is 20.6. The van der Waals surface area contributed by atoms with Crippen LogP contribution >= 0.6 is 0 Å². The van der Waals surface area contributed by atoms with Crippen LogP contribution in [-0.2, 0) is 22.9 Å². The highest BCUT2D eigenvalue weighted by atomic mass is 28.4. The van der Waals surface area contributed by atoms with Gasteiger partial charge in [-0.05, 0) is 60.8 Å². The minimum atomic E-state index is -2.29. The Hall–Kier alpha value is -0.449. The van der Waals surface area contributed by atoms with E-state index in [1.807, 2.05) is 0 Å². The SMILES string of the molecule is CC(C)(C)[Si](C)(C)OC(=O)CCC(O[Si](C)(C)C(C)(C)C)C(=O)O[Si](C)(C)C(C)(C)C. The second kappa shape index (κ2) is 9.81. The van der Waals surface area contributed by atoms with Gasteiger partial charge in [0.15, 0.2) is 8.32 Å². The van der Waals surface area contributed by atoms with Gasteiger partial charge in [0, 0.05) is 6.42 Å². The number of hydrogen-bond donors (Lipinski definition) is 0. The highest BCUT2D eigenvalue weighted by molar-refractivity contribution is 6.76. The van der Waals surface area contributed by atoms with Crippen LogP contribution in [0.4, 0.5) is 0 Å². The summed E-state index contributed by atoms with van der Waals surface area (Å²) in [6.45, 7) is 31.5. The number of rotatable bonds is 8. The maximum Gasteiger partial charge on any atom is 0.320 e. The van der Waals surface area contributed by atoms with Crippen LogP contribution in [0.15, 0.2) is 0 Å². The molecule has 31 heavy (non-hydrogen) atoms. The van der Waals surface area contributed by atoms with Crippen LogP contribution in [0.5, 0.6) is 0 Å². The van der Waals surface area contributed by atoms with Gasteiger partial charge in [0.2, 0.25) is 0 Å². The van der Waals surface area contributed by atoms with E-state index < -0.39 is 31.1 Å². The van der Waals surface area contributed by atoms with Gasteiger partial charge in [-0.25, -0.2) is 0 Å². The van der Waals surface area contributed by atoms with E-state index in [9.17, 15) is 9.59 Å². The van der Waals surface area contributed by atoms with Crippen molar-refractivity contribution in [1.82, 2.24) is 0 Å². The van der Waals surface area contributed by atoms with Gasteiger partial charge in [0.1, 0.15) is 6.10 Å². The predicted molar refractivity (Wildman–Crippen MR) is 138 cm³/mol. The highest BCUT2D eigenvalue weighted by Gasteiger charge is 2.45. The Labute approximate surface area is 195 Å². The zero-order chi connectivity index (χ0) is 25.3. The van der Waals surface area contributed by atoms with Crippen molar-refractivity contribution in [3.05, 3.63) is 0 Å². The summed E-state index contributed by atoms with van der Waals surface area (Å²) in [6, 6.07) is 0. The lowest BCUT2D eigenvalue weighted by Crippen LogP contribution is -2.50. The molecule has 0 amide bonds. The standard InChI is InChI=1S/C23H50O5Si3/c1-21(2,3)29(10,11)26-18(20(25)28-31(14,15)23(7,8)9)16-17-19(24)27-30(12,13)22(4,5)6/h18H,16-17H2,1-15H3. The predicted octanol–water partition coefficient (Wildman–Crippen LogP) is 7.25. The van der Waals surface area contributed by atoms with Gasteiger partial charge >= 0.3 is 5.97 Å². The van der Waals surface area contributed by atoms with E-state index in [1.54, 1.807) is 0 Å². The molecule has 8 heteroatoms. The minimum absolute atomic E-state index is 0.0514. The Morgan fingerprint density at radius 3 is 1.35 bits per heavy atom. The Bertz CT molecular complexity index is 635. The smallest absolute Gasteiger partial charge is 0.320 e. The molecule has 0 aliphatic rings. The molecular formula is C23H50O5Si3. The molecule has 0 radical (unpaired) electrons. The summed E-state index contributed by atoms with van der Waals surface area (Å²) in [4.78, 5) is 25.9. The summed E-state index contributed by atoms with van der Waals surface area (Å²) >= 11 is 0. The largest absolute Gasteiger partial charge is 0.519 e. The molecule has 0 bridgehead atoms. The lowest BCUT2D eigenvalue weighted by atomic mass is 10.2. The average Bonchev–Trinajstić information content (AvgIpc) is 2.46. The molecule has 0 rings (SSSR count). The summed E-state index contributed by atoms with van der Waals surface area (Å²) in [6.07, 6.45) is -0.312. The van der Waals surface area contributed by atoms with Crippen LogP contribution in [0.25, 0.3) is 0 Å². The molecule has 0 aromatic heterocycles. The highest BCUT2D eigenvalue weighted by Crippen LogP contribution is 2.40. The van der Waals surface area contributed by atoms with E-state index in [4.69, 9.17) is 13.3 Å². The molecule has 184 valence electrons. The number of carbonyl (C=O) groups is 2. The maximum atomic E-state index is 13.2. The van der Waals surface area contributed by atoms with Gasteiger partial charge in [-0.1, -0.05) is 62.3 Å². The lowest BCUT2D eigenvalue weighted by molar-refractivity contribution is -0.145. The van der Waals surface area contributed by atoms with Crippen LogP contribution in [0.2, 0.25) is 54.4 Å². The Kier molecular flexibility index (Phi) is 9.67. The van der Waals surface area contributed by atoms with Crippen molar-refractivity contribution in [3.8, 4) is 0 Å². The molecule has 0 saturated carbocycles. The minimum Gasteiger partial charge on any atom is -0.519 e. The van der Waals surface area contributed by atoms with Crippen molar-refractivity contribution in [2.45, 2.75) is 136 Å². The average molecular weight is 491 g/mol. The summed E-state index contributed by atoms with van der Waals surface area (Å²) in [5, 5.41) is -0.198. The van der Waals surface area contributed by atoms with Crippen LogP contribution in [0, 0.1) is 0 Å². The first kappa shape index (κ1) is 30.6. The molecule has 5 nitrogen and oxygen atoms in total. The molecule has 0 aromatic carbocycles. The summed E-state index contributed by atoms with van der Waals surface area (Å²) in [5.41, 5.74) is 0. The molecule has 0 heterocycles. The van der Waals surface area contributed by atoms with Crippen molar-refractivity contribution in [2.24, 2.45) is 0 Å². The van der Waals surface area contributed by atoms with Gasteiger partial charge in [-0.3, -0.25) is 9.59 Å². The lowest BCUT2D eigenvalue weighted by Gasteiger charge is -2.41. The molecule has 0 spiro atoms. The second-order valence-corrected chi connectivity index (χ2v) is 27.5. The van der Waals surface area contributed by atoms with E-state index in [2.05, 4.69) is 102 Å². The third kappa shape index (κ3) is 8.78. The summed E-state index contributed by atoms with van der Waals surface area (Å²) in [7, 11) is -6.72. The monoisotopic (exact) mass is 490 g/mol. The third-order valence-electron chi connectivity index (χ3n) is 7.45. The molecule has 0 aliphatic carbocycles. The van der Waals surface area contributed by atoms with Gasteiger partial charge in [0.05, 0.1) is 0 Å². The van der Waals surface area contributed by atoms with Gasteiger partial charge in [-0.15, -0.1) is 0 Å². The van der Waals surface area contributed by atoms with Crippen LogP contribution < -0.4 is 0 Å². The van der Waals surface area contributed by atoms with E-state index in [1.165, 1.54) is 0 Å². The van der Waals surface area contributed by atoms with E-state index in [0.717, 1.165) is 0 Å². The first-order valence-electron chi connectivity index (χ1n) is 11.5. The quantitative estimate of drug-likeness (QED) is 0.335. The molecular weight excluding hydrogens is 441 g/mol. The topological polar surface area (TPSA) is 61.8 Å². The number of carbonyl (C=O) groups excluding carboxylic acids is 2. The fourth-order valence-electron chi connectivity index (χ4n) is 1.97. The summed E-state index contributed by atoms with van der Waals surface area (Å²) in [5.74, 6) is -0.591. The fraction of sp³-hybridized carbons (Fsp3) is 0.913. The van der Waals surface area contributed by atoms with Crippen LogP contribution in [0.3, 0.4) is 0 Å². The maximum absolute atomic E-state index is 13.2. The fourth-order valence-corrected chi connectivity index (χ4v) is 5.16. The Balaban J connectivity index is 5.57. The normalized spacial score (nSPS) is 15.5. The molecule has 0 N–H and O–H groups in total. The van der Waals surface area contributed by atoms with Crippen molar-refractivity contribution >= 4 is 36.9 Å². The van der Waals surface area contributed by atoms with Crippen molar-refractivity contribution in [1.29, 1.82) is 0 Å². The van der Waals surface area contributed by atoms with E-state index in [-0.39, 0.29) is 39.9 Å². The van der Waals surface area contributed by atoms with Crippen LogP contribution in [-0.4, -0.2) is 43.0 Å². The molecule has 0 aliphatic heterocycles. The molecule has 0 saturated heterocycles. The second-order valence-electron chi connectivity index (χ2n) is 13.3. The van der Waals surface area contributed by atoms with E-state index in [0.29, 0.717) is 0 Å². The van der Waals surface area contributed by atoms with E-state index >= 15 is 0 Å². The Morgan fingerprint density at radius 1 is 0.645 bits per heavy atom. The van der Waals surface area contributed by atoms with Crippen molar-refractivity contribution < 1.29 is 22.9 Å². The zero-order valence-corrected chi connectivity index (χ0v) is 26.0. The summed E-state index contributed by atoms with van der Waals surface area (Å²) < 4.78 is 18.4. The van der Waals surface area contributed by atoms with Gasteiger partial charge in [-0.2, -0.15) is 0 Å². The van der Waals surface area contributed by atoms with Crippen molar-refractivity contribution in [3.63, 3.8) is 0 Å².